The fourth-order valence-corrected chi connectivity index (χ4v) is 2.49. The van der Waals surface area contributed by atoms with Gasteiger partial charge in [-0.05, 0) is 31.7 Å². The summed E-state index contributed by atoms with van der Waals surface area (Å²) >= 11 is 6.19. The average Bonchev–Trinajstić information content (AvgIpc) is 2.34. The minimum atomic E-state index is 0.813. The number of likely N-dealkylation sites (N-methyl/N-ethyl adjacent to an activating group) is 1. The van der Waals surface area contributed by atoms with Crippen molar-refractivity contribution in [3.05, 3.63) is 28.8 Å². The third-order valence-corrected chi connectivity index (χ3v) is 3.78. The van der Waals surface area contributed by atoms with Crippen LogP contribution in [0.4, 0.5) is 5.69 Å². The quantitative estimate of drug-likeness (QED) is 0.903. The maximum atomic E-state index is 6.19. The van der Waals surface area contributed by atoms with Crippen molar-refractivity contribution >= 4 is 17.3 Å². The first-order valence-corrected chi connectivity index (χ1v) is 6.94. The van der Waals surface area contributed by atoms with Gasteiger partial charge in [-0.25, -0.2) is 0 Å². The Labute approximate surface area is 115 Å². The van der Waals surface area contributed by atoms with Crippen molar-refractivity contribution in [3.63, 3.8) is 0 Å². The summed E-state index contributed by atoms with van der Waals surface area (Å²) in [6, 6.07) is 6.14. The number of rotatable bonds is 4. The molecule has 100 valence electrons. The summed E-state index contributed by atoms with van der Waals surface area (Å²) in [7, 11) is 2.18. The molecule has 0 amide bonds. The lowest BCUT2D eigenvalue weighted by Crippen LogP contribution is -2.45. The molecule has 0 aromatic heterocycles. The molecule has 1 saturated heterocycles. The Morgan fingerprint density at radius 2 is 1.94 bits per heavy atom. The molecule has 1 aliphatic heterocycles. The van der Waals surface area contributed by atoms with E-state index in [2.05, 4.69) is 41.2 Å². The molecule has 1 fully saturated rings. The SMILES string of the molecule is Cc1ccc(NCCN2CCN(C)CC2)c(Cl)c1. The van der Waals surface area contributed by atoms with Crippen molar-refractivity contribution in [1.82, 2.24) is 9.80 Å². The van der Waals surface area contributed by atoms with Crippen molar-refractivity contribution in [1.29, 1.82) is 0 Å². The van der Waals surface area contributed by atoms with E-state index in [9.17, 15) is 0 Å². The van der Waals surface area contributed by atoms with Crippen molar-refractivity contribution in [2.45, 2.75) is 6.92 Å². The molecule has 0 unspecified atom stereocenters. The number of anilines is 1. The highest BCUT2D eigenvalue weighted by molar-refractivity contribution is 6.33. The molecule has 2 rings (SSSR count). The second-order valence-corrected chi connectivity index (χ2v) is 5.46. The van der Waals surface area contributed by atoms with Crippen LogP contribution < -0.4 is 5.32 Å². The molecule has 4 heteroatoms. The lowest BCUT2D eigenvalue weighted by molar-refractivity contribution is 0.158. The first-order chi connectivity index (χ1) is 8.65. The van der Waals surface area contributed by atoms with Gasteiger partial charge in [0.1, 0.15) is 0 Å². The van der Waals surface area contributed by atoms with Crippen LogP contribution >= 0.6 is 11.6 Å². The first kappa shape index (κ1) is 13.7. The Bertz CT molecular complexity index is 387. The Morgan fingerprint density at radius 3 is 2.61 bits per heavy atom. The third-order valence-electron chi connectivity index (χ3n) is 3.46. The van der Waals surface area contributed by atoms with Gasteiger partial charge in [-0.2, -0.15) is 0 Å². The molecular weight excluding hydrogens is 246 g/mol. The van der Waals surface area contributed by atoms with E-state index in [1.165, 1.54) is 31.7 Å². The maximum absolute atomic E-state index is 6.19. The number of benzene rings is 1. The van der Waals surface area contributed by atoms with Gasteiger partial charge in [-0.1, -0.05) is 17.7 Å². The van der Waals surface area contributed by atoms with Gasteiger partial charge in [0.2, 0.25) is 0 Å². The molecule has 0 radical (unpaired) electrons. The van der Waals surface area contributed by atoms with Crippen LogP contribution in [0.2, 0.25) is 5.02 Å². The summed E-state index contributed by atoms with van der Waals surface area (Å²) in [5.41, 5.74) is 2.24. The van der Waals surface area contributed by atoms with Crippen molar-refractivity contribution in [2.24, 2.45) is 0 Å². The summed E-state index contributed by atoms with van der Waals surface area (Å²) in [5.74, 6) is 0. The zero-order valence-electron chi connectivity index (χ0n) is 11.2. The van der Waals surface area contributed by atoms with E-state index in [1.807, 2.05) is 6.07 Å². The van der Waals surface area contributed by atoms with Crippen LogP contribution in [0.5, 0.6) is 0 Å². The van der Waals surface area contributed by atoms with Gasteiger partial charge in [0, 0.05) is 39.3 Å². The fourth-order valence-electron chi connectivity index (χ4n) is 2.18. The lowest BCUT2D eigenvalue weighted by atomic mass is 10.2. The molecule has 1 heterocycles. The number of piperazine rings is 1. The van der Waals surface area contributed by atoms with Crippen LogP contribution in [0.1, 0.15) is 5.56 Å². The smallest absolute Gasteiger partial charge is 0.0640 e. The Hall–Kier alpha value is -0.770. The minimum absolute atomic E-state index is 0.813. The number of nitrogens with one attached hydrogen (secondary N) is 1. The van der Waals surface area contributed by atoms with Gasteiger partial charge in [0.05, 0.1) is 10.7 Å². The Morgan fingerprint density at radius 1 is 1.22 bits per heavy atom. The Kier molecular flexibility index (Phi) is 4.87. The topological polar surface area (TPSA) is 18.5 Å². The van der Waals surface area contributed by atoms with E-state index in [4.69, 9.17) is 11.6 Å². The first-order valence-electron chi connectivity index (χ1n) is 6.56. The summed E-state index contributed by atoms with van der Waals surface area (Å²) in [5, 5.41) is 4.22. The molecule has 0 saturated carbocycles. The molecule has 0 aliphatic carbocycles. The summed E-state index contributed by atoms with van der Waals surface area (Å²) in [6.45, 7) is 8.76. The molecule has 1 aromatic carbocycles. The van der Waals surface area contributed by atoms with Gasteiger partial charge >= 0.3 is 0 Å². The van der Waals surface area contributed by atoms with E-state index in [1.54, 1.807) is 0 Å². The van der Waals surface area contributed by atoms with Crippen LogP contribution in [0.25, 0.3) is 0 Å². The summed E-state index contributed by atoms with van der Waals surface area (Å²) in [6.07, 6.45) is 0. The van der Waals surface area contributed by atoms with E-state index in [0.717, 1.165) is 23.8 Å². The highest BCUT2D eigenvalue weighted by Crippen LogP contribution is 2.22. The highest BCUT2D eigenvalue weighted by Gasteiger charge is 2.12. The summed E-state index contributed by atoms with van der Waals surface area (Å²) in [4.78, 5) is 4.87. The fraction of sp³-hybridized carbons (Fsp3) is 0.571. The van der Waals surface area contributed by atoms with Crippen LogP contribution in [0, 0.1) is 6.92 Å². The van der Waals surface area contributed by atoms with Gasteiger partial charge in [0.15, 0.2) is 0 Å². The van der Waals surface area contributed by atoms with Gasteiger partial charge < -0.3 is 10.2 Å². The number of aryl methyl sites for hydroxylation is 1. The zero-order chi connectivity index (χ0) is 13.0. The van der Waals surface area contributed by atoms with Crippen LogP contribution in [-0.4, -0.2) is 56.1 Å². The van der Waals surface area contributed by atoms with Crippen LogP contribution in [-0.2, 0) is 0 Å². The molecule has 0 spiro atoms. The van der Waals surface area contributed by atoms with Crippen molar-refractivity contribution < 1.29 is 0 Å². The van der Waals surface area contributed by atoms with E-state index < -0.39 is 0 Å². The molecular formula is C14H22ClN3. The van der Waals surface area contributed by atoms with Crippen molar-refractivity contribution in [3.8, 4) is 0 Å². The molecule has 3 nitrogen and oxygen atoms in total. The molecule has 0 atom stereocenters. The largest absolute Gasteiger partial charge is 0.383 e. The third kappa shape index (κ3) is 3.87. The number of hydrogen-bond donors (Lipinski definition) is 1. The predicted octanol–water partition coefficient (Wildman–Crippen LogP) is 2.31. The van der Waals surface area contributed by atoms with Crippen molar-refractivity contribution in [2.75, 3.05) is 51.6 Å². The summed E-state index contributed by atoms with van der Waals surface area (Å²) < 4.78 is 0. The predicted molar refractivity (Wildman–Crippen MR) is 78.6 cm³/mol. The normalized spacial score (nSPS) is 17.9. The van der Waals surface area contributed by atoms with Gasteiger partial charge in [-0.3, -0.25) is 4.90 Å². The van der Waals surface area contributed by atoms with Gasteiger partial charge in [-0.15, -0.1) is 0 Å². The van der Waals surface area contributed by atoms with Crippen LogP contribution in [0.3, 0.4) is 0 Å². The zero-order valence-corrected chi connectivity index (χ0v) is 12.0. The number of nitrogens with zero attached hydrogens (tertiary/aromatic N) is 2. The minimum Gasteiger partial charge on any atom is -0.383 e. The number of halogens is 1. The average molecular weight is 268 g/mol. The van der Waals surface area contributed by atoms with Gasteiger partial charge in [0.25, 0.3) is 0 Å². The molecule has 18 heavy (non-hydrogen) atoms. The number of hydrogen-bond acceptors (Lipinski definition) is 3. The highest BCUT2D eigenvalue weighted by atomic mass is 35.5. The molecule has 0 bridgehead atoms. The molecule has 1 aromatic rings. The molecule has 1 aliphatic rings. The van der Waals surface area contributed by atoms with E-state index in [-0.39, 0.29) is 0 Å². The lowest BCUT2D eigenvalue weighted by Gasteiger charge is -2.32. The van der Waals surface area contributed by atoms with E-state index >= 15 is 0 Å². The van der Waals surface area contributed by atoms with Crippen LogP contribution in [0.15, 0.2) is 18.2 Å². The maximum Gasteiger partial charge on any atom is 0.0640 e. The van der Waals surface area contributed by atoms with E-state index in [0.29, 0.717) is 0 Å². The second-order valence-electron chi connectivity index (χ2n) is 5.05. The second kappa shape index (κ2) is 6.41. The Balaban J connectivity index is 1.75. The molecule has 1 N–H and O–H groups in total. The monoisotopic (exact) mass is 267 g/mol. The standard InChI is InChI=1S/C14H22ClN3/c1-12-3-4-14(13(15)11-12)16-5-6-18-9-7-17(2)8-10-18/h3-4,11,16H,5-10H2,1-2H3.